The van der Waals surface area contributed by atoms with Crippen molar-refractivity contribution in [3.05, 3.63) is 47.5 Å². The van der Waals surface area contributed by atoms with Gasteiger partial charge in [0.25, 0.3) is 0 Å². The highest BCUT2D eigenvalue weighted by atomic mass is 16.5. The van der Waals surface area contributed by atoms with Crippen LogP contribution < -0.4 is 30.2 Å². The molecule has 0 aromatic heterocycles. The van der Waals surface area contributed by atoms with Crippen molar-refractivity contribution >= 4 is 25.3 Å². The average Bonchev–Trinajstić information content (AvgIpc) is 2.87. The molecule has 0 aliphatic heterocycles. The number of carbonyl (C=O) groups is 2. The fourth-order valence-electron chi connectivity index (χ4n) is 4.14. The Kier molecular flexibility index (Phi) is 11.8. The average molecular weight is 523 g/mol. The first-order valence-corrected chi connectivity index (χ1v) is 13.0. The maximum atomic E-state index is 13.5. The number of anilines is 1. The van der Waals surface area contributed by atoms with Gasteiger partial charge in [0.1, 0.15) is 12.1 Å². The van der Waals surface area contributed by atoms with Gasteiger partial charge in [0.05, 0.1) is 29.2 Å². The molecule has 0 heterocycles. The smallest absolute Gasteiger partial charge is 0.243 e. The molecule has 38 heavy (non-hydrogen) atoms. The molecule has 2 aromatic carbocycles. The van der Waals surface area contributed by atoms with Crippen LogP contribution >= 0.6 is 0 Å². The Labute approximate surface area is 228 Å². The van der Waals surface area contributed by atoms with Gasteiger partial charge in [-0.05, 0) is 66.5 Å². The summed E-state index contributed by atoms with van der Waals surface area (Å²) in [6.07, 6.45) is 0.944. The quantitative estimate of drug-likeness (QED) is 0.324. The van der Waals surface area contributed by atoms with Crippen molar-refractivity contribution in [1.82, 2.24) is 10.6 Å². The second-order valence-electron chi connectivity index (χ2n) is 10.2. The zero-order chi connectivity index (χ0) is 28.4. The zero-order valence-electron chi connectivity index (χ0n) is 23.9. The number of nitrogens with one attached hydrogen (secondary N) is 3. The molecule has 9 heteroatoms. The summed E-state index contributed by atoms with van der Waals surface area (Å²) >= 11 is 0. The lowest BCUT2D eigenvalue weighted by Gasteiger charge is -2.24. The van der Waals surface area contributed by atoms with Crippen LogP contribution in [0, 0.1) is 5.92 Å². The van der Waals surface area contributed by atoms with Gasteiger partial charge in [-0.15, -0.1) is 0 Å². The van der Waals surface area contributed by atoms with Gasteiger partial charge in [-0.25, -0.2) is 0 Å². The first-order chi connectivity index (χ1) is 18.0. The Bertz CT molecular complexity index is 1050. The van der Waals surface area contributed by atoms with Gasteiger partial charge in [-0.3, -0.25) is 9.59 Å². The lowest BCUT2D eigenvalue weighted by Crippen LogP contribution is -2.52. The molecule has 206 valence electrons. The largest absolute Gasteiger partial charge is 0.493 e. The minimum atomic E-state index is -0.771. The molecule has 2 rings (SSSR count). The number of rotatable bonds is 14. The van der Waals surface area contributed by atoms with Gasteiger partial charge >= 0.3 is 0 Å². The van der Waals surface area contributed by atoms with E-state index in [1.165, 1.54) is 0 Å². The summed E-state index contributed by atoms with van der Waals surface area (Å²) in [6.45, 7) is 9.94. The number of amides is 2. The number of hydrogen-bond acceptors (Lipinski definition) is 6. The predicted octanol–water partition coefficient (Wildman–Crippen LogP) is 4.02. The summed E-state index contributed by atoms with van der Waals surface area (Å²) in [4.78, 5) is 26.2. The third-order valence-electron chi connectivity index (χ3n) is 6.18. The fraction of sp³-hybridized carbons (Fsp3) is 0.517. The van der Waals surface area contributed by atoms with Gasteiger partial charge in [0.15, 0.2) is 11.5 Å². The molecule has 2 radical (unpaired) electrons. The van der Waals surface area contributed by atoms with Crippen LogP contribution in [0.4, 0.5) is 5.69 Å². The summed E-state index contributed by atoms with van der Waals surface area (Å²) < 4.78 is 16.4. The fourth-order valence-corrected chi connectivity index (χ4v) is 4.14. The molecule has 0 aliphatic carbocycles. The number of hydrogen-bond donors (Lipinski definition) is 3. The molecule has 0 aliphatic rings. The zero-order valence-corrected chi connectivity index (χ0v) is 23.9. The maximum Gasteiger partial charge on any atom is 0.243 e. The molecular weight excluding hydrogens is 481 g/mol. The van der Waals surface area contributed by atoms with E-state index in [2.05, 4.69) is 35.9 Å². The van der Waals surface area contributed by atoms with Crippen LogP contribution in [-0.2, 0) is 16.0 Å². The topological polar surface area (TPSA) is 97.9 Å². The third kappa shape index (κ3) is 8.89. The highest BCUT2D eigenvalue weighted by molar-refractivity contribution is 6.13. The van der Waals surface area contributed by atoms with Crippen molar-refractivity contribution in [1.29, 1.82) is 0 Å². The van der Waals surface area contributed by atoms with Crippen LogP contribution in [0.15, 0.2) is 36.4 Å². The summed E-state index contributed by atoms with van der Waals surface area (Å²) in [5, 5.41) is 8.97. The van der Waals surface area contributed by atoms with E-state index in [4.69, 9.17) is 22.1 Å². The molecule has 2 aromatic rings. The molecular formula is C29H42BN3O5. The molecule has 0 fully saturated rings. The monoisotopic (exact) mass is 523 g/mol. The number of carbonyl (C=O) groups excluding carboxylic acids is 2. The van der Waals surface area contributed by atoms with Gasteiger partial charge in [-0.1, -0.05) is 39.8 Å². The molecule has 0 bridgehead atoms. The summed E-state index contributed by atoms with van der Waals surface area (Å²) in [5.41, 5.74) is 2.75. The van der Waals surface area contributed by atoms with E-state index in [1.807, 2.05) is 44.2 Å². The van der Waals surface area contributed by atoms with Crippen molar-refractivity contribution in [2.45, 2.75) is 71.4 Å². The maximum absolute atomic E-state index is 13.5. The molecule has 0 saturated heterocycles. The second kappa shape index (κ2) is 14.5. The van der Waals surface area contributed by atoms with E-state index >= 15 is 0 Å². The molecule has 2 amide bonds. The van der Waals surface area contributed by atoms with E-state index in [-0.39, 0.29) is 11.8 Å². The van der Waals surface area contributed by atoms with Crippen LogP contribution in [0.2, 0.25) is 0 Å². The molecule has 0 spiro atoms. The van der Waals surface area contributed by atoms with Crippen molar-refractivity contribution in [2.75, 3.05) is 26.6 Å². The SMILES string of the molecule is [B][C@H](CC(C)C)NC(=O)[C@H](C)NC(=O)[C@H](Cc1cc(OC)c(OC)c(OC)c1)Nc1cccc(C(C)C)c1. The Morgan fingerprint density at radius 2 is 1.50 bits per heavy atom. The minimum Gasteiger partial charge on any atom is -0.493 e. The highest BCUT2D eigenvalue weighted by Crippen LogP contribution is 2.38. The Morgan fingerprint density at radius 3 is 2.03 bits per heavy atom. The third-order valence-corrected chi connectivity index (χ3v) is 6.18. The van der Waals surface area contributed by atoms with Crippen molar-refractivity contribution in [2.24, 2.45) is 5.92 Å². The highest BCUT2D eigenvalue weighted by Gasteiger charge is 2.25. The van der Waals surface area contributed by atoms with Gasteiger partial charge in [-0.2, -0.15) is 0 Å². The molecule has 8 nitrogen and oxygen atoms in total. The summed E-state index contributed by atoms with van der Waals surface area (Å²) in [5.74, 6) is 0.994. The van der Waals surface area contributed by atoms with Crippen LogP contribution in [0.3, 0.4) is 0 Å². The molecule has 0 saturated carbocycles. The standard InChI is InChI=1S/C29H42BN3O5/c1-17(2)12-26(30)33-28(34)19(5)31-29(35)23(32-22-11-9-10-21(16-22)18(3)4)13-20-14-24(36-6)27(38-8)25(15-20)37-7/h9-11,14-19,23,26,32H,12-13H2,1-8H3,(H,31,35)(H,33,34)/t19-,23-,26-/m0/s1. The van der Waals surface area contributed by atoms with Crippen LogP contribution in [0.1, 0.15) is 58.1 Å². The lowest BCUT2D eigenvalue weighted by atomic mass is 9.88. The van der Waals surface area contributed by atoms with Gasteiger partial charge in [0, 0.05) is 12.1 Å². The van der Waals surface area contributed by atoms with Crippen LogP contribution in [0.25, 0.3) is 0 Å². The summed E-state index contributed by atoms with van der Waals surface area (Å²) in [7, 11) is 10.7. The molecule has 0 unspecified atom stereocenters. The first kappa shape index (κ1) is 30.9. The van der Waals surface area contributed by atoms with E-state index in [9.17, 15) is 9.59 Å². The summed E-state index contributed by atoms with van der Waals surface area (Å²) in [6, 6.07) is 10.1. The van der Waals surface area contributed by atoms with E-state index in [0.29, 0.717) is 41.9 Å². The Balaban J connectivity index is 2.32. The van der Waals surface area contributed by atoms with Gasteiger partial charge < -0.3 is 30.2 Å². The number of benzene rings is 2. The van der Waals surface area contributed by atoms with Crippen molar-refractivity contribution in [3.63, 3.8) is 0 Å². The Morgan fingerprint density at radius 1 is 0.868 bits per heavy atom. The molecule has 3 atom stereocenters. The van der Waals surface area contributed by atoms with E-state index in [1.54, 1.807) is 28.3 Å². The van der Waals surface area contributed by atoms with Gasteiger partial charge in [0.2, 0.25) is 17.6 Å². The van der Waals surface area contributed by atoms with Crippen LogP contribution in [-0.4, -0.2) is 59.0 Å². The van der Waals surface area contributed by atoms with E-state index < -0.39 is 18.0 Å². The van der Waals surface area contributed by atoms with E-state index in [0.717, 1.165) is 16.8 Å². The van der Waals surface area contributed by atoms with Crippen molar-refractivity contribution in [3.8, 4) is 17.2 Å². The van der Waals surface area contributed by atoms with Crippen LogP contribution in [0.5, 0.6) is 17.2 Å². The minimum absolute atomic E-state index is 0.301. The predicted molar refractivity (Wildman–Crippen MR) is 152 cm³/mol. The molecule has 3 N–H and O–H groups in total. The normalized spacial score (nSPS) is 13.4. The Hall–Kier alpha value is -3.36. The number of ether oxygens (including phenoxy) is 3. The number of methoxy groups -OCH3 is 3. The lowest BCUT2D eigenvalue weighted by molar-refractivity contribution is -0.129. The van der Waals surface area contributed by atoms with Crippen molar-refractivity contribution < 1.29 is 23.8 Å². The first-order valence-electron chi connectivity index (χ1n) is 13.0. The second-order valence-corrected chi connectivity index (χ2v) is 10.2.